The van der Waals surface area contributed by atoms with Gasteiger partial charge in [0.25, 0.3) is 0 Å². The van der Waals surface area contributed by atoms with Crippen molar-refractivity contribution in [3.8, 4) is 0 Å². The lowest BCUT2D eigenvalue weighted by Gasteiger charge is -2.29. The summed E-state index contributed by atoms with van der Waals surface area (Å²) in [5, 5.41) is 13.1. The van der Waals surface area contributed by atoms with E-state index in [-0.39, 0.29) is 13.0 Å². The highest BCUT2D eigenvalue weighted by Crippen LogP contribution is 2.23. The molecule has 1 unspecified atom stereocenters. The second kappa shape index (κ2) is 5.51. The molecule has 0 saturated carbocycles. The number of carbonyl (C=O) groups is 1. The third kappa shape index (κ3) is 4.87. The number of alkyl carbamates (subject to hydrolysis) is 1. The summed E-state index contributed by atoms with van der Waals surface area (Å²) >= 11 is 0. The van der Waals surface area contributed by atoms with Crippen molar-refractivity contribution in [1.82, 2.24) is 5.32 Å². The fraction of sp³-hybridized carbons (Fsp3) is 0.909. The molecule has 7 heteroatoms. The van der Waals surface area contributed by atoms with E-state index in [1.54, 1.807) is 20.8 Å². The lowest BCUT2D eigenvalue weighted by Crippen LogP contribution is -2.51. The Balaban J connectivity index is 2.57. The van der Waals surface area contributed by atoms with Gasteiger partial charge in [0.2, 0.25) is 6.54 Å². The van der Waals surface area contributed by atoms with E-state index >= 15 is 0 Å². The summed E-state index contributed by atoms with van der Waals surface area (Å²) < 4.78 is 10.4. The number of amides is 1. The molecule has 18 heavy (non-hydrogen) atoms. The van der Waals surface area contributed by atoms with Crippen LogP contribution in [0.2, 0.25) is 0 Å². The molecule has 1 heterocycles. The summed E-state index contributed by atoms with van der Waals surface area (Å²) in [7, 11) is 0. The van der Waals surface area contributed by atoms with E-state index in [0.717, 1.165) is 0 Å². The van der Waals surface area contributed by atoms with Crippen LogP contribution >= 0.6 is 0 Å². The van der Waals surface area contributed by atoms with Crippen molar-refractivity contribution in [2.24, 2.45) is 0 Å². The monoisotopic (exact) mass is 260 g/mol. The maximum Gasteiger partial charge on any atom is 0.408 e. The van der Waals surface area contributed by atoms with Gasteiger partial charge in [-0.05, 0) is 27.2 Å². The Bertz CT molecular complexity index is 318. The summed E-state index contributed by atoms with van der Waals surface area (Å²) in [6.45, 7) is 5.89. The van der Waals surface area contributed by atoms with E-state index < -0.39 is 22.2 Å². The molecule has 0 spiro atoms. The zero-order valence-corrected chi connectivity index (χ0v) is 11.0. The fourth-order valence-electron chi connectivity index (χ4n) is 1.79. The van der Waals surface area contributed by atoms with E-state index in [4.69, 9.17) is 9.47 Å². The van der Waals surface area contributed by atoms with Crippen LogP contribution in [0, 0.1) is 10.1 Å². The van der Waals surface area contributed by atoms with E-state index in [0.29, 0.717) is 19.6 Å². The van der Waals surface area contributed by atoms with Crippen LogP contribution in [0.4, 0.5) is 4.79 Å². The van der Waals surface area contributed by atoms with Gasteiger partial charge in [-0.1, -0.05) is 0 Å². The van der Waals surface area contributed by atoms with Gasteiger partial charge in [0.1, 0.15) is 5.60 Å². The van der Waals surface area contributed by atoms with Crippen LogP contribution in [0.1, 0.15) is 33.6 Å². The molecule has 0 aromatic heterocycles. The first-order valence-electron chi connectivity index (χ1n) is 5.93. The second-order valence-corrected chi connectivity index (χ2v) is 5.52. The Morgan fingerprint density at radius 1 is 1.56 bits per heavy atom. The molecular weight excluding hydrogens is 240 g/mol. The lowest BCUT2D eigenvalue weighted by molar-refractivity contribution is -0.482. The molecule has 1 aliphatic heterocycles. The molecular formula is C11H20N2O5. The average molecular weight is 260 g/mol. The normalized spacial score (nSPS) is 23.7. The third-order valence-corrected chi connectivity index (χ3v) is 2.64. The molecule has 0 aromatic carbocycles. The van der Waals surface area contributed by atoms with Crippen molar-refractivity contribution >= 4 is 6.09 Å². The van der Waals surface area contributed by atoms with E-state index in [1.165, 1.54) is 0 Å². The summed E-state index contributed by atoms with van der Waals surface area (Å²) in [6, 6.07) is 0. The zero-order chi connectivity index (χ0) is 13.8. The van der Waals surface area contributed by atoms with E-state index in [9.17, 15) is 14.9 Å². The second-order valence-electron chi connectivity index (χ2n) is 5.52. The summed E-state index contributed by atoms with van der Waals surface area (Å²) in [5.74, 6) is 0. The first-order chi connectivity index (χ1) is 8.22. The van der Waals surface area contributed by atoms with Gasteiger partial charge in [-0.15, -0.1) is 0 Å². The first kappa shape index (κ1) is 14.7. The SMILES string of the molecule is CC(C)(C)OC(=O)NC1(CC[N+](=O)[O-])CCOC1. The number of nitro groups is 1. The zero-order valence-electron chi connectivity index (χ0n) is 11.0. The Morgan fingerprint density at radius 3 is 2.67 bits per heavy atom. The van der Waals surface area contributed by atoms with Gasteiger partial charge in [0, 0.05) is 18.0 Å². The average Bonchev–Trinajstić information content (AvgIpc) is 2.61. The van der Waals surface area contributed by atoms with Gasteiger partial charge in [-0.25, -0.2) is 4.79 Å². The standard InChI is InChI=1S/C11H20N2O5/c1-10(2,3)18-9(14)12-11(4-6-13(15)16)5-7-17-8-11/h4-8H2,1-3H3,(H,12,14). The molecule has 1 amide bonds. The number of carbonyl (C=O) groups excluding carboxylic acids is 1. The molecule has 1 saturated heterocycles. The van der Waals surface area contributed by atoms with E-state index in [2.05, 4.69) is 5.32 Å². The van der Waals surface area contributed by atoms with Crippen LogP contribution in [0.3, 0.4) is 0 Å². The molecule has 0 aliphatic carbocycles. The predicted octanol–water partition coefficient (Wildman–Crippen LogP) is 1.34. The fourth-order valence-corrected chi connectivity index (χ4v) is 1.79. The van der Waals surface area contributed by atoms with Crippen LogP contribution in [0.5, 0.6) is 0 Å². The molecule has 0 aromatic rings. The molecule has 7 nitrogen and oxygen atoms in total. The topological polar surface area (TPSA) is 90.7 Å². The van der Waals surface area contributed by atoms with Crippen molar-refractivity contribution in [3.63, 3.8) is 0 Å². The third-order valence-electron chi connectivity index (χ3n) is 2.64. The van der Waals surface area contributed by atoms with E-state index in [1.807, 2.05) is 0 Å². The molecule has 104 valence electrons. The predicted molar refractivity (Wildman–Crippen MR) is 64.0 cm³/mol. The number of nitrogens with one attached hydrogen (secondary N) is 1. The molecule has 1 fully saturated rings. The van der Waals surface area contributed by atoms with Gasteiger partial charge in [-0.3, -0.25) is 10.1 Å². The number of hydrogen-bond donors (Lipinski definition) is 1. The quantitative estimate of drug-likeness (QED) is 0.608. The highest BCUT2D eigenvalue weighted by atomic mass is 16.6. The Kier molecular flexibility index (Phi) is 4.50. The maximum atomic E-state index is 11.7. The minimum absolute atomic E-state index is 0.195. The number of hydrogen-bond acceptors (Lipinski definition) is 5. The largest absolute Gasteiger partial charge is 0.444 e. The van der Waals surface area contributed by atoms with Gasteiger partial charge in [-0.2, -0.15) is 0 Å². The highest BCUT2D eigenvalue weighted by molar-refractivity contribution is 5.68. The van der Waals surface area contributed by atoms with Crippen LogP contribution in [0.15, 0.2) is 0 Å². The molecule has 1 rings (SSSR count). The van der Waals surface area contributed by atoms with Crippen LogP contribution in [-0.2, 0) is 9.47 Å². The number of rotatable bonds is 4. The summed E-state index contributed by atoms with van der Waals surface area (Å²) in [4.78, 5) is 21.7. The van der Waals surface area contributed by atoms with Gasteiger partial charge >= 0.3 is 6.09 Å². The summed E-state index contributed by atoms with van der Waals surface area (Å²) in [5.41, 5.74) is -1.26. The van der Waals surface area contributed by atoms with Crippen molar-refractivity contribution in [3.05, 3.63) is 10.1 Å². The van der Waals surface area contributed by atoms with Crippen molar-refractivity contribution in [2.45, 2.75) is 44.8 Å². The summed E-state index contributed by atoms with van der Waals surface area (Å²) in [6.07, 6.45) is 0.260. The van der Waals surface area contributed by atoms with Crippen LogP contribution in [-0.4, -0.2) is 41.9 Å². The van der Waals surface area contributed by atoms with Crippen molar-refractivity contribution in [1.29, 1.82) is 0 Å². The lowest BCUT2D eigenvalue weighted by atomic mass is 9.94. The van der Waals surface area contributed by atoms with Crippen LogP contribution < -0.4 is 5.32 Å². The number of nitrogens with zero attached hydrogens (tertiary/aromatic N) is 1. The van der Waals surface area contributed by atoms with Gasteiger partial charge in [0.05, 0.1) is 12.1 Å². The molecule has 1 aliphatic rings. The van der Waals surface area contributed by atoms with Crippen molar-refractivity contribution < 1.29 is 19.2 Å². The van der Waals surface area contributed by atoms with Gasteiger partial charge < -0.3 is 14.8 Å². The Hall–Kier alpha value is -1.37. The molecule has 0 radical (unpaired) electrons. The highest BCUT2D eigenvalue weighted by Gasteiger charge is 2.38. The van der Waals surface area contributed by atoms with Crippen molar-refractivity contribution in [2.75, 3.05) is 19.8 Å². The molecule has 0 bridgehead atoms. The van der Waals surface area contributed by atoms with Crippen LogP contribution in [0.25, 0.3) is 0 Å². The van der Waals surface area contributed by atoms with Gasteiger partial charge in [0.15, 0.2) is 0 Å². The first-order valence-corrected chi connectivity index (χ1v) is 5.93. The smallest absolute Gasteiger partial charge is 0.408 e. The molecule has 1 atom stereocenters. The minimum atomic E-state index is -0.671. The number of ether oxygens (including phenoxy) is 2. The minimum Gasteiger partial charge on any atom is -0.444 e. The Labute approximate surface area is 106 Å². The Morgan fingerprint density at radius 2 is 2.22 bits per heavy atom. The molecule has 1 N–H and O–H groups in total. The maximum absolute atomic E-state index is 11.7.